The van der Waals surface area contributed by atoms with E-state index in [1.54, 1.807) is 13.8 Å². The lowest BCUT2D eigenvalue weighted by Crippen LogP contribution is -2.13. The monoisotopic (exact) mass is 274 g/mol. The number of aryl methyl sites for hydroxylation is 1. The number of nitrogens with zero attached hydrogens (tertiary/aromatic N) is 2. The van der Waals surface area contributed by atoms with Crippen molar-refractivity contribution in [3.8, 4) is 0 Å². The Morgan fingerprint density at radius 2 is 2.15 bits per heavy atom. The van der Waals surface area contributed by atoms with Gasteiger partial charge in [-0.2, -0.15) is 4.98 Å². The Morgan fingerprint density at radius 3 is 2.85 bits per heavy atom. The molecule has 1 aromatic heterocycles. The number of carbonyl (C=O) groups excluding carboxylic acids is 1. The quantitative estimate of drug-likeness (QED) is 0.784. The number of hydrogen-bond donors (Lipinski definition) is 0. The van der Waals surface area contributed by atoms with Crippen LogP contribution < -0.4 is 0 Å². The summed E-state index contributed by atoms with van der Waals surface area (Å²) in [6.07, 6.45) is 0.589. The molecule has 1 atom stereocenters. The maximum atomic E-state index is 11.6. The molecule has 1 unspecified atom stereocenters. The molecule has 0 spiro atoms. The molecule has 0 bridgehead atoms. The van der Waals surface area contributed by atoms with Crippen molar-refractivity contribution in [2.45, 2.75) is 33.1 Å². The van der Waals surface area contributed by atoms with Gasteiger partial charge in [-0.25, -0.2) is 0 Å². The Morgan fingerprint density at radius 1 is 1.40 bits per heavy atom. The second kappa shape index (κ2) is 6.32. The molecule has 0 amide bonds. The minimum absolute atomic E-state index is 0.298. The first-order valence-electron chi connectivity index (χ1n) is 6.65. The summed E-state index contributed by atoms with van der Waals surface area (Å²) in [4.78, 5) is 15.9. The molecular formula is C15H18N2O3. The van der Waals surface area contributed by atoms with Gasteiger partial charge in [0.25, 0.3) is 0 Å². The maximum Gasteiger partial charge on any atom is 0.318 e. The lowest BCUT2D eigenvalue weighted by atomic mass is 10.1. The molecule has 0 saturated heterocycles. The van der Waals surface area contributed by atoms with Gasteiger partial charge in [-0.1, -0.05) is 29.4 Å². The van der Waals surface area contributed by atoms with Gasteiger partial charge in [0.1, 0.15) is 5.92 Å². The van der Waals surface area contributed by atoms with Gasteiger partial charge in [0.2, 0.25) is 5.89 Å². The maximum absolute atomic E-state index is 11.6. The average Bonchev–Trinajstić information content (AvgIpc) is 2.89. The smallest absolute Gasteiger partial charge is 0.318 e. The zero-order chi connectivity index (χ0) is 14.5. The van der Waals surface area contributed by atoms with Crippen molar-refractivity contribution in [2.75, 3.05) is 6.61 Å². The fraction of sp³-hybridized carbons (Fsp3) is 0.400. The van der Waals surface area contributed by atoms with Crippen LogP contribution >= 0.6 is 0 Å². The summed E-state index contributed by atoms with van der Waals surface area (Å²) in [6, 6.07) is 8.03. The second-order valence-corrected chi connectivity index (χ2v) is 4.63. The van der Waals surface area contributed by atoms with Gasteiger partial charge >= 0.3 is 5.97 Å². The van der Waals surface area contributed by atoms with Crippen molar-refractivity contribution >= 4 is 5.97 Å². The van der Waals surface area contributed by atoms with E-state index in [9.17, 15) is 4.79 Å². The van der Waals surface area contributed by atoms with Crippen molar-refractivity contribution in [3.63, 3.8) is 0 Å². The number of aromatic nitrogens is 2. The first-order chi connectivity index (χ1) is 9.61. The molecule has 20 heavy (non-hydrogen) atoms. The van der Waals surface area contributed by atoms with Crippen LogP contribution in [0.3, 0.4) is 0 Å². The Kier molecular flexibility index (Phi) is 4.50. The molecular weight excluding hydrogens is 256 g/mol. The lowest BCUT2D eigenvalue weighted by molar-refractivity contribution is -0.145. The van der Waals surface area contributed by atoms with Crippen LogP contribution in [0.2, 0.25) is 0 Å². The first-order valence-corrected chi connectivity index (χ1v) is 6.65. The molecule has 2 aromatic rings. The number of esters is 1. The zero-order valence-corrected chi connectivity index (χ0v) is 11.9. The summed E-state index contributed by atoms with van der Waals surface area (Å²) in [5, 5.41) is 3.92. The molecule has 1 heterocycles. The van der Waals surface area contributed by atoms with Crippen molar-refractivity contribution in [3.05, 3.63) is 47.1 Å². The Balaban J connectivity index is 2.09. The van der Waals surface area contributed by atoms with E-state index in [-0.39, 0.29) is 5.97 Å². The largest absolute Gasteiger partial charge is 0.465 e. The number of carbonyl (C=O) groups is 1. The van der Waals surface area contributed by atoms with E-state index >= 15 is 0 Å². The molecule has 0 radical (unpaired) electrons. The predicted molar refractivity (Wildman–Crippen MR) is 73.3 cm³/mol. The number of benzene rings is 1. The highest BCUT2D eigenvalue weighted by Crippen LogP contribution is 2.17. The van der Waals surface area contributed by atoms with Gasteiger partial charge in [-0.15, -0.1) is 0 Å². The van der Waals surface area contributed by atoms with Gasteiger partial charge in [0, 0.05) is 6.42 Å². The molecule has 1 aromatic carbocycles. The third-order valence-electron chi connectivity index (χ3n) is 3.10. The molecule has 0 saturated carbocycles. The van der Waals surface area contributed by atoms with Gasteiger partial charge in [-0.3, -0.25) is 4.79 Å². The lowest BCUT2D eigenvalue weighted by Gasteiger charge is -2.04. The van der Waals surface area contributed by atoms with E-state index in [1.165, 1.54) is 5.56 Å². The zero-order valence-electron chi connectivity index (χ0n) is 11.9. The number of rotatable bonds is 5. The minimum atomic E-state index is -0.534. The van der Waals surface area contributed by atoms with Crippen LogP contribution in [0, 0.1) is 6.92 Å². The van der Waals surface area contributed by atoms with Gasteiger partial charge < -0.3 is 9.26 Å². The van der Waals surface area contributed by atoms with Gasteiger partial charge in [0.05, 0.1) is 6.61 Å². The molecule has 0 aliphatic heterocycles. The summed E-state index contributed by atoms with van der Waals surface area (Å²) >= 11 is 0. The van der Waals surface area contributed by atoms with Crippen molar-refractivity contribution in [1.82, 2.24) is 10.1 Å². The number of ether oxygens (including phenoxy) is 1. The molecule has 0 fully saturated rings. The van der Waals surface area contributed by atoms with E-state index in [4.69, 9.17) is 9.26 Å². The van der Waals surface area contributed by atoms with Crippen LogP contribution in [0.4, 0.5) is 0 Å². The van der Waals surface area contributed by atoms with Crippen molar-refractivity contribution in [2.24, 2.45) is 0 Å². The molecule has 0 aliphatic rings. The predicted octanol–water partition coefficient (Wildman–Crippen LogP) is 2.64. The minimum Gasteiger partial charge on any atom is -0.465 e. The SMILES string of the molecule is CCOC(=O)C(C)c1nc(Cc2ccccc2C)no1. The third-order valence-corrected chi connectivity index (χ3v) is 3.10. The van der Waals surface area contributed by atoms with Crippen LogP contribution in [0.25, 0.3) is 0 Å². The molecule has 106 valence electrons. The summed E-state index contributed by atoms with van der Waals surface area (Å²) in [6.45, 7) is 5.84. The normalized spacial score (nSPS) is 12.2. The van der Waals surface area contributed by atoms with E-state index in [0.717, 1.165) is 5.56 Å². The average molecular weight is 274 g/mol. The Labute approximate surface area is 118 Å². The van der Waals surface area contributed by atoms with Crippen molar-refractivity contribution < 1.29 is 14.1 Å². The summed E-state index contributed by atoms with van der Waals surface area (Å²) < 4.78 is 10.1. The van der Waals surface area contributed by atoms with Crippen LogP contribution in [0.5, 0.6) is 0 Å². The number of hydrogen-bond acceptors (Lipinski definition) is 5. The molecule has 0 N–H and O–H groups in total. The molecule has 5 heteroatoms. The molecule has 2 rings (SSSR count). The van der Waals surface area contributed by atoms with E-state index in [2.05, 4.69) is 10.1 Å². The van der Waals surface area contributed by atoms with E-state index in [1.807, 2.05) is 31.2 Å². The highest BCUT2D eigenvalue weighted by atomic mass is 16.5. The molecule has 5 nitrogen and oxygen atoms in total. The van der Waals surface area contributed by atoms with Gasteiger partial charge in [0.15, 0.2) is 5.82 Å². The third kappa shape index (κ3) is 3.23. The fourth-order valence-electron chi connectivity index (χ4n) is 1.86. The van der Waals surface area contributed by atoms with Crippen LogP contribution in [-0.4, -0.2) is 22.7 Å². The summed E-state index contributed by atoms with van der Waals surface area (Å²) in [5.74, 6) is -0.0101. The van der Waals surface area contributed by atoms with Crippen LogP contribution in [0.1, 0.15) is 42.6 Å². The van der Waals surface area contributed by atoms with Crippen LogP contribution in [0.15, 0.2) is 28.8 Å². The van der Waals surface area contributed by atoms with Gasteiger partial charge in [-0.05, 0) is 31.9 Å². The highest BCUT2D eigenvalue weighted by Gasteiger charge is 2.23. The highest BCUT2D eigenvalue weighted by molar-refractivity contribution is 5.76. The second-order valence-electron chi connectivity index (χ2n) is 4.63. The fourth-order valence-corrected chi connectivity index (χ4v) is 1.86. The topological polar surface area (TPSA) is 65.2 Å². The molecule has 0 aliphatic carbocycles. The Hall–Kier alpha value is -2.17. The standard InChI is InChI=1S/C15H18N2O3/c1-4-19-15(18)11(3)14-16-13(17-20-14)9-12-8-6-5-7-10(12)2/h5-8,11H,4,9H2,1-3H3. The van der Waals surface area contributed by atoms with E-state index < -0.39 is 5.92 Å². The first kappa shape index (κ1) is 14.2. The summed E-state index contributed by atoms with van der Waals surface area (Å²) in [5.41, 5.74) is 2.32. The summed E-state index contributed by atoms with van der Waals surface area (Å²) in [7, 11) is 0. The van der Waals surface area contributed by atoms with Crippen molar-refractivity contribution in [1.29, 1.82) is 0 Å². The Bertz CT molecular complexity index is 592. The van der Waals surface area contributed by atoms with Crippen LogP contribution in [-0.2, 0) is 16.0 Å². The van der Waals surface area contributed by atoms with E-state index in [0.29, 0.717) is 24.7 Å².